The lowest BCUT2D eigenvalue weighted by molar-refractivity contribution is -0.883. The Morgan fingerprint density at radius 1 is 0.977 bits per heavy atom. The highest BCUT2D eigenvalue weighted by molar-refractivity contribution is 7.21. The third-order valence-electron chi connectivity index (χ3n) is 6.78. The van der Waals surface area contributed by atoms with E-state index in [0.717, 1.165) is 32.7 Å². The van der Waals surface area contributed by atoms with Gasteiger partial charge in [0.25, 0.3) is 5.91 Å². The van der Waals surface area contributed by atoms with Crippen LogP contribution in [-0.4, -0.2) is 81.1 Å². The molecule has 1 aromatic heterocycles. The third kappa shape index (κ3) is 8.10. The zero-order valence-corrected chi connectivity index (χ0v) is 27.4. The molecule has 0 fully saturated rings. The van der Waals surface area contributed by atoms with Gasteiger partial charge < -0.3 is 19.0 Å². The Morgan fingerprint density at radius 2 is 1.67 bits per heavy atom. The van der Waals surface area contributed by atoms with Crippen molar-refractivity contribution in [3.63, 3.8) is 0 Å². The Hall–Kier alpha value is -3.99. The first-order chi connectivity index (χ1) is 20.1. The summed E-state index contributed by atoms with van der Waals surface area (Å²) in [4.78, 5) is 30.5. The molecule has 226 valence electrons. The van der Waals surface area contributed by atoms with Gasteiger partial charge in [-0.1, -0.05) is 18.2 Å². The number of fused-ring (bicyclic) bond motifs is 1. The van der Waals surface area contributed by atoms with Gasteiger partial charge >= 0.3 is 0 Å². The number of ether oxygens (including phenoxy) is 1. The van der Waals surface area contributed by atoms with Crippen molar-refractivity contribution in [3.05, 3.63) is 71.3 Å². The number of aryl methyl sites for hydroxylation is 1. The number of aromatic nitrogens is 1. The van der Waals surface area contributed by atoms with E-state index in [1.54, 1.807) is 35.6 Å². The van der Waals surface area contributed by atoms with Gasteiger partial charge in [0, 0.05) is 16.7 Å². The summed E-state index contributed by atoms with van der Waals surface area (Å²) in [6, 6.07) is 15.9. The number of azo groups is 1. The summed E-state index contributed by atoms with van der Waals surface area (Å²) < 4.78 is 8.02. The Balaban J connectivity index is 1.69. The normalized spacial score (nSPS) is 13.0. The maximum atomic E-state index is 13.1. The van der Waals surface area contributed by atoms with Crippen LogP contribution in [0.25, 0.3) is 20.8 Å². The molecule has 0 saturated heterocycles. The van der Waals surface area contributed by atoms with Crippen LogP contribution in [0.5, 0.6) is 5.75 Å². The number of ketones is 1. The Kier molecular flexibility index (Phi) is 9.44. The number of rotatable bonds is 11. The molecule has 1 amide bonds. The third-order valence-corrected chi connectivity index (χ3v) is 7.96. The van der Waals surface area contributed by atoms with Gasteiger partial charge in [0.2, 0.25) is 6.04 Å². The molecule has 1 N–H and O–H groups in total. The average molecular weight is 603 g/mol. The first-order valence-electron chi connectivity index (χ1n) is 14.1. The van der Waals surface area contributed by atoms with E-state index in [9.17, 15) is 9.59 Å². The fourth-order valence-electron chi connectivity index (χ4n) is 4.78. The van der Waals surface area contributed by atoms with Crippen LogP contribution in [0, 0.1) is 6.92 Å². The fourth-order valence-corrected chi connectivity index (χ4v) is 5.93. The number of quaternary nitrogens is 2. The molecule has 0 aliphatic heterocycles. The quantitative estimate of drug-likeness (QED) is 0.123. The number of nitrogens with one attached hydrogen (secondary N) is 1. The summed E-state index contributed by atoms with van der Waals surface area (Å²) in [7, 11) is 14.4. The number of carbonyl (C=O) groups is 2. The number of methoxy groups -OCH3 is 1. The molecule has 1 unspecified atom stereocenters. The second kappa shape index (κ2) is 12.7. The average Bonchev–Trinajstić information content (AvgIpc) is 3.34. The number of amides is 1. The smallest absolute Gasteiger partial charge is 0.258 e. The minimum Gasteiger partial charge on any atom is -0.495 e. The molecule has 3 aromatic carbocycles. The molecular weight excluding hydrogens is 560 g/mol. The number of benzene rings is 3. The van der Waals surface area contributed by atoms with Gasteiger partial charge in [0.15, 0.2) is 5.78 Å². The molecule has 0 saturated carbocycles. The van der Waals surface area contributed by atoms with Crippen LogP contribution in [0.3, 0.4) is 0 Å². The predicted molar refractivity (Wildman–Crippen MR) is 174 cm³/mol. The fraction of sp³-hybridized carbons (Fsp3) is 0.364. The minimum atomic E-state index is -1.30. The summed E-state index contributed by atoms with van der Waals surface area (Å²) in [5, 5.41) is 12.4. The highest BCUT2D eigenvalue weighted by Crippen LogP contribution is 2.37. The molecule has 9 nitrogen and oxygen atoms in total. The molecule has 4 rings (SSSR count). The van der Waals surface area contributed by atoms with Crippen molar-refractivity contribution in [1.82, 2.24) is 4.98 Å². The van der Waals surface area contributed by atoms with Crippen molar-refractivity contribution < 1.29 is 23.3 Å². The number of hydrogen-bond donors (Lipinski definition) is 1. The maximum Gasteiger partial charge on any atom is 0.258 e. The van der Waals surface area contributed by atoms with Crippen molar-refractivity contribution in [3.8, 4) is 16.3 Å². The van der Waals surface area contributed by atoms with Gasteiger partial charge in [-0.3, -0.25) is 9.59 Å². The zero-order valence-electron chi connectivity index (χ0n) is 26.6. The molecule has 0 spiro atoms. The van der Waals surface area contributed by atoms with Crippen molar-refractivity contribution in [1.29, 1.82) is 0 Å². The number of hydrogen-bond acceptors (Lipinski definition) is 7. The van der Waals surface area contributed by atoms with E-state index >= 15 is 0 Å². The highest BCUT2D eigenvalue weighted by Gasteiger charge is 2.25. The Labute approximate surface area is 258 Å². The molecule has 10 heteroatoms. The molecule has 43 heavy (non-hydrogen) atoms. The van der Waals surface area contributed by atoms with E-state index in [4.69, 9.17) is 9.72 Å². The lowest BCUT2D eigenvalue weighted by Gasteiger charge is -2.25. The van der Waals surface area contributed by atoms with E-state index in [1.807, 2.05) is 12.1 Å². The molecule has 0 radical (unpaired) electrons. The van der Waals surface area contributed by atoms with Crippen LogP contribution in [0.15, 0.2) is 64.8 Å². The van der Waals surface area contributed by atoms with Gasteiger partial charge in [-0.2, -0.15) is 10.2 Å². The SMILES string of the molecule is COc1ccccc1NC(=O)C(N=Nc1ccc(-c2nc3ccc(C)c(C[N+](C)(C)C)c3s2)cc1C[N+](C)(C)C)C(C)=O. The predicted octanol–water partition coefficient (Wildman–Crippen LogP) is 6.37. The Bertz CT molecular complexity index is 1680. The van der Waals surface area contributed by atoms with Gasteiger partial charge in [-0.25, -0.2) is 4.98 Å². The van der Waals surface area contributed by atoms with Gasteiger partial charge in [-0.05, 0) is 55.8 Å². The minimum absolute atomic E-state index is 0.407. The largest absolute Gasteiger partial charge is 0.495 e. The summed E-state index contributed by atoms with van der Waals surface area (Å²) >= 11 is 1.71. The van der Waals surface area contributed by atoms with Crippen LogP contribution < -0.4 is 10.1 Å². The zero-order chi connectivity index (χ0) is 31.5. The summed E-state index contributed by atoms with van der Waals surface area (Å²) in [5.41, 5.74) is 6.60. The lowest BCUT2D eigenvalue weighted by atomic mass is 10.1. The Morgan fingerprint density at radius 3 is 2.33 bits per heavy atom. The lowest BCUT2D eigenvalue weighted by Crippen LogP contribution is -2.33. The van der Waals surface area contributed by atoms with E-state index in [0.29, 0.717) is 28.2 Å². The first-order valence-corrected chi connectivity index (χ1v) is 15.0. The summed E-state index contributed by atoms with van der Waals surface area (Å²) in [5.74, 6) is -0.485. The van der Waals surface area contributed by atoms with E-state index in [1.165, 1.54) is 29.9 Å². The van der Waals surface area contributed by atoms with E-state index in [2.05, 4.69) is 83.0 Å². The van der Waals surface area contributed by atoms with E-state index < -0.39 is 17.7 Å². The maximum absolute atomic E-state index is 13.1. The van der Waals surface area contributed by atoms with Crippen molar-refractivity contribution in [2.75, 3.05) is 54.7 Å². The van der Waals surface area contributed by atoms with Gasteiger partial charge in [-0.15, -0.1) is 11.3 Å². The molecule has 0 bridgehead atoms. The molecule has 1 atom stereocenters. The number of anilines is 1. The molecular formula is C33H42N6O3S+2. The van der Waals surface area contributed by atoms with E-state index in [-0.39, 0.29) is 0 Å². The second-order valence-electron chi connectivity index (χ2n) is 12.9. The van der Waals surface area contributed by atoms with Crippen LogP contribution in [-0.2, 0) is 22.7 Å². The second-order valence-corrected chi connectivity index (χ2v) is 13.9. The van der Waals surface area contributed by atoms with Gasteiger partial charge in [0.1, 0.15) is 23.8 Å². The first kappa shape index (κ1) is 31.9. The van der Waals surface area contributed by atoms with Crippen molar-refractivity contribution in [2.24, 2.45) is 10.2 Å². The molecule has 4 aromatic rings. The molecule has 0 aliphatic carbocycles. The van der Waals surface area contributed by atoms with Crippen LogP contribution >= 0.6 is 11.3 Å². The molecule has 1 heterocycles. The highest BCUT2D eigenvalue weighted by atomic mass is 32.1. The molecule has 0 aliphatic rings. The van der Waals surface area contributed by atoms with Crippen LogP contribution in [0.4, 0.5) is 11.4 Å². The number of nitrogens with zero attached hydrogens (tertiary/aromatic N) is 5. The van der Waals surface area contributed by atoms with Crippen LogP contribution in [0.1, 0.15) is 23.6 Å². The number of thiazole rings is 1. The summed E-state index contributed by atoms with van der Waals surface area (Å²) in [6.07, 6.45) is 0. The number of carbonyl (C=O) groups excluding carboxylic acids is 2. The van der Waals surface area contributed by atoms with Gasteiger partial charge in [0.05, 0.1) is 71.0 Å². The van der Waals surface area contributed by atoms with Crippen molar-refractivity contribution >= 4 is 44.6 Å². The number of para-hydroxylation sites is 2. The van der Waals surface area contributed by atoms with Crippen LogP contribution in [0.2, 0.25) is 0 Å². The standard InChI is InChI=1S/C33H41N6O3S/c1-21-14-16-28-31(25(21)20-39(6,7)8)43-33(35-28)23-15-17-26(24(18-23)19-38(3,4)5)36-37-30(22(2)40)32(41)34-27-12-10-11-13-29(27)42-9/h10-18,30H,19-20H2,1-9H3/q+1/p+1. The number of Topliss-reactive ketones (excluding diaryl/α,β-unsaturated/α-hetero) is 1. The summed E-state index contributed by atoms with van der Waals surface area (Å²) in [6.45, 7) is 5.08. The topological polar surface area (TPSA) is 93.0 Å². The van der Waals surface area contributed by atoms with Crippen molar-refractivity contribution in [2.45, 2.75) is 33.0 Å². The monoisotopic (exact) mass is 602 g/mol.